The molecule has 0 spiro atoms. The Morgan fingerprint density at radius 1 is 1.15 bits per heavy atom. The molecule has 0 aliphatic heterocycles. The van der Waals surface area contributed by atoms with Crippen molar-refractivity contribution < 1.29 is 14.0 Å². The van der Waals surface area contributed by atoms with E-state index in [-0.39, 0.29) is 23.5 Å². The van der Waals surface area contributed by atoms with Gasteiger partial charge in [-0.05, 0) is 50.2 Å². The Morgan fingerprint density at radius 2 is 1.85 bits per heavy atom. The van der Waals surface area contributed by atoms with Crippen molar-refractivity contribution in [1.82, 2.24) is 14.9 Å². The van der Waals surface area contributed by atoms with Gasteiger partial charge < -0.3 is 9.88 Å². The molecule has 0 saturated carbocycles. The SMILES string of the molecule is CC(=O)C(C)n1c(CCNC(=O)c2ccc(F)cc2)nc2ccccc21. The summed E-state index contributed by atoms with van der Waals surface area (Å²) in [6, 6.07) is 12.7. The van der Waals surface area contributed by atoms with Gasteiger partial charge in [0.2, 0.25) is 0 Å². The van der Waals surface area contributed by atoms with Crippen LogP contribution in [0, 0.1) is 5.82 Å². The van der Waals surface area contributed by atoms with Gasteiger partial charge in [0.25, 0.3) is 5.91 Å². The summed E-state index contributed by atoms with van der Waals surface area (Å²) in [6.07, 6.45) is 0.485. The summed E-state index contributed by atoms with van der Waals surface area (Å²) in [5.41, 5.74) is 2.12. The van der Waals surface area contributed by atoms with E-state index in [1.807, 2.05) is 35.8 Å². The lowest BCUT2D eigenvalue weighted by molar-refractivity contribution is -0.119. The highest BCUT2D eigenvalue weighted by atomic mass is 19.1. The first-order valence-electron chi connectivity index (χ1n) is 8.47. The first kappa shape index (κ1) is 17.8. The van der Waals surface area contributed by atoms with Crippen molar-refractivity contribution >= 4 is 22.7 Å². The molecular formula is C20H20FN3O2. The lowest BCUT2D eigenvalue weighted by atomic mass is 10.2. The molecule has 1 atom stereocenters. The number of benzene rings is 2. The summed E-state index contributed by atoms with van der Waals surface area (Å²) >= 11 is 0. The third-order valence-electron chi connectivity index (χ3n) is 4.39. The van der Waals surface area contributed by atoms with Crippen molar-refractivity contribution in [3.8, 4) is 0 Å². The van der Waals surface area contributed by atoms with Gasteiger partial charge >= 0.3 is 0 Å². The van der Waals surface area contributed by atoms with Crippen molar-refractivity contribution in [1.29, 1.82) is 0 Å². The molecule has 26 heavy (non-hydrogen) atoms. The fourth-order valence-electron chi connectivity index (χ4n) is 2.88. The van der Waals surface area contributed by atoms with E-state index in [0.717, 1.165) is 16.9 Å². The molecular weight excluding hydrogens is 333 g/mol. The van der Waals surface area contributed by atoms with E-state index < -0.39 is 0 Å². The van der Waals surface area contributed by atoms with Crippen LogP contribution in [0.15, 0.2) is 48.5 Å². The monoisotopic (exact) mass is 353 g/mol. The molecule has 5 nitrogen and oxygen atoms in total. The smallest absolute Gasteiger partial charge is 0.251 e. The molecule has 1 heterocycles. The maximum Gasteiger partial charge on any atom is 0.251 e. The molecule has 0 fully saturated rings. The highest BCUT2D eigenvalue weighted by Gasteiger charge is 2.18. The summed E-state index contributed by atoms with van der Waals surface area (Å²) in [7, 11) is 0. The number of aromatic nitrogens is 2. The van der Waals surface area contributed by atoms with Crippen LogP contribution in [0.5, 0.6) is 0 Å². The van der Waals surface area contributed by atoms with Gasteiger partial charge in [0.15, 0.2) is 5.78 Å². The summed E-state index contributed by atoms with van der Waals surface area (Å²) in [5.74, 6) is 0.138. The predicted molar refractivity (Wildman–Crippen MR) is 97.6 cm³/mol. The quantitative estimate of drug-likeness (QED) is 0.739. The zero-order chi connectivity index (χ0) is 18.7. The van der Waals surface area contributed by atoms with Crippen molar-refractivity contribution in [2.45, 2.75) is 26.3 Å². The van der Waals surface area contributed by atoms with Crippen LogP contribution >= 0.6 is 0 Å². The largest absolute Gasteiger partial charge is 0.352 e. The molecule has 1 N–H and O–H groups in total. The highest BCUT2D eigenvalue weighted by molar-refractivity contribution is 5.94. The molecule has 1 aromatic heterocycles. The number of amides is 1. The van der Waals surface area contributed by atoms with Gasteiger partial charge in [-0.2, -0.15) is 0 Å². The first-order valence-corrected chi connectivity index (χ1v) is 8.47. The number of ketones is 1. The van der Waals surface area contributed by atoms with E-state index in [1.165, 1.54) is 24.3 Å². The topological polar surface area (TPSA) is 64.0 Å². The molecule has 0 radical (unpaired) electrons. The number of Topliss-reactive ketones (excluding diaryl/α,β-unsaturated/α-hetero) is 1. The number of rotatable bonds is 6. The third kappa shape index (κ3) is 3.64. The van der Waals surface area contributed by atoms with Gasteiger partial charge in [-0.3, -0.25) is 9.59 Å². The van der Waals surface area contributed by atoms with Crippen LogP contribution in [0.2, 0.25) is 0 Å². The van der Waals surface area contributed by atoms with Crippen LogP contribution in [-0.4, -0.2) is 27.8 Å². The van der Waals surface area contributed by atoms with Gasteiger partial charge in [0.05, 0.1) is 17.1 Å². The number of carbonyl (C=O) groups is 2. The van der Waals surface area contributed by atoms with Crippen LogP contribution in [-0.2, 0) is 11.2 Å². The van der Waals surface area contributed by atoms with Crippen molar-refractivity contribution in [3.05, 3.63) is 65.7 Å². The third-order valence-corrected chi connectivity index (χ3v) is 4.39. The number of hydrogen-bond acceptors (Lipinski definition) is 3. The molecule has 0 aliphatic carbocycles. The molecule has 0 saturated heterocycles. The van der Waals surface area contributed by atoms with Crippen LogP contribution < -0.4 is 5.32 Å². The molecule has 1 amide bonds. The molecule has 0 bridgehead atoms. The number of carbonyl (C=O) groups excluding carboxylic acids is 2. The van der Waals surface area contributed by atoms with Crippen LogP contribution in [0.3, 0.4) is 0 Å². The predicted octanol–water partition coefficient (Wildman–Crippen LogP) is 3.30. The average molecular weight is 353 g/mol. The van der Waals surface area contributed by atoms with Crippen LogP contribution in [0.25, 0.3) is 11.0 Å². The Balaban J connectivity index is 1.76. The average Bonchev–Trinajstić information content (AvgIpc) is 2.99. The summed E-state index contributed by atoms with van der Waals surface area (Å²) in [5, 5.41) is 2.81. The second-order valence-corrected chi connectivity index (χ2v) is 6.19. The number of imidazole rings is 1. The van der Waals surface area contributed by atoms with Gasteiger partial charge in [-0.15, -0.1) is 0 Å². The maximum atomic E-state index is 12.9. The van der Waals surface area contributed by atoms with Gasteiger partial charge in [0.1, 0.15) is 11.6 Å². The lowest BCUT2D eigenvalue weighted by Gasteiger charge is -2.15. The Bertz CT molecular complexity index is 947. The number of nitrogens with zero attached hydrogens (tertiary/aromatic N) is 2. The summed E-state index contributed by atoms with van der Waals surface area (Å²) in [4.78, 5) is 28.6. The van der Waals surface area contributed by atoms with E-state index in [1.54, 1.807) is 6.92 Å². The van der Waals surface area contributed by atoms with Crippen LogP contribution in [0.4, 0.5) is 4.39 Å². The zero-order valence-corrected chi connectivity index (χ0v) is 14.7. The highest BCUT2D eigenvalue weighted by Crippen LogP contribution is 2.22. The Kier molecular flexibility index (Phi) is 5.11. The second-order valence-electron chi connectivity index (χ2n) is 6.19. The number of nitrogens with one attached hydrogen (secondary N) is 1. The molecule has 0 aliphatic rings. The molecule has 2 aromatic carbocycles. The van der Waals surface area contributed by atoms with Crippen molar-refractivity contribution in [2.24, 2.45) is 0 Å². The van der Waals surface area contributed by atoms with Crippen molar-refractivity contribution in [3.63, 3.8) is 0 Å². The number of para-hydroxylation sites is 2. The second kappa shape index (κ2) is 7.47. The Hall–Kier alpha value is -3.02. The normalized spacial score (nSPS) is 12.1. The summed E-state index contributed by atoms with van der Waals surface area (Å²) < 4.78 is 14.9. The Morgan fingerprint density at radius 3 is 2.54 bits per heavy atom. The van der Waals surface area contributed by atoms with E-state index in [0.29, 0.717) is 18.5 Å². The Labute approximate surface area is 150 Å². The number of hydrogen-bond donors (Lipinski definition) is 1. The zero-order valence-electron chi connectivity index (χ0n) is 14.7. The van der Waals surface area contributed by atoms with E-state index >= 15 is 0 Å². The summed E-state index contributed by atoms with van der Waals surface area (Å²) in [6.45, 7) is 3.76. The number of halogens is 1. The maximum absolute atomic E-state index is 12.9. The molecule has 1 unspecified atom stereocenters. The van der Waals surface area contributed by atoms with Gasteiger partial charge in [-0.25, -0.2) is 9.37 Å². The molecule has 134 valence electrons. The van der Waals surface area contributed by atoms with Gasteiger partial charge in [-0.1, -0.05) is 12.1 Å². The molecule has 6 heteroatoms. The van der Waals surface area contributed by atoms with Crippen molar-refractivity contribution in [2.75, 3.05) is 6.54 Å². The minimum atomic E-state index is -0.381. The fraction of sp³-hybridized carbons (Fsp3) is 0.250. The van der Waals surface area contributed by atoms with Crippen LogP contribution in [0.1, 0.15) is 36.1 Å². The molecule has 3 aromatic rings. The molecule has 3 rings (SSSR count). The number of fused-ring (bicyclic) bond motifs is 1. The van der Waals surface area contributed by atoms with E-state index in [9.17, 15) is 14.0 Å². The fourth-order valence-corrected chi connectivity index (χ4v) is 2.88. The van der Waals surface area contributed by atoms with Gasteiger partial charge in [0, 0.05) is 18.5 Å². The first-order chi connectivity index (χ1) is 12.5. The minimum Gasteiger partial charge on any atom is -0.352 e. The van der Waals surface area contributed by atoms with E-state index in [2.05, 4.69) is 10.3 Å². The lowest BCUT2D eigenvalue weighted by Crippen LogP contribution is -2.27. The minimum absolute atomic E-state index is 0.0461. The standard InChI is InChI=1S/C20H20FN3O2/c1-13(14(2)25)24-18-6-4-3-5-17(18)23-19(24)11-12-22-20(26)15-7-9-16(21)10-8-15/h3-10,13H,11-12H2,1-2H3,(H,22,26). The van der Waals surface area contributed by atoms with E-state index in [4.69, 9.17) is 0 Å².